The maximum absolute atomic E-state index is 11.8. The first-order valence-corrected chi connectivity index (χ1v) is 6.30. The van der Waals surface area contributed by atoms with E-state index in [0.29, 0.717) is 10.7 Å². The summed E-state index contributed by atoms with van der Waals surface area (Å²) in [5, 5.41) is 8.21. The Balaban J connectivity index is 2.21. The minimum Gasteiger partial charge on any atom is -0.362 e. The van der Waals surface area contributed by atoms with Gasteiger partial charge in [-0.25, -0.2) is 0 Å². The van der Waals surface area contributed by atoms with Gasteiger partial charge < -0.3 is 10.3 Å². The van der Waals surface area contributed by atoms with Crippen molar-refractivity contribution >= 4 is 34.4 Å². The Kier molecular flexibility index (Phi) is 4.25. The molecule has 0 bridgehead atoms. The van der Waals surface area contributed by atoms with Crippen molar-refractivity contribution in [3.8, 4) is 0 Å². The summed E-state index contributed by atoms with van der Waals surface area (Å²) in [6.07, 6.45) is 1.45. The summed E-state index contributed by atoms with van der Waals surface area (Å²) in [6.45, 7) is 2.66. The normalized spacial score (nSPS) is 10.8. The Morgan fingerprint density at radius 2 is 2.26 bits per heavy atom. The third-order valence-corrected chi connectivity index (χ3v) is 2.72. The van der Waals surface area contributed by atoms with Crippen molar-refractivity contribution in [3.05, 3.63) is 46.2 Å². The molecule has 5 nitrogen and oxygen atoms in total. The quantitative estimate of drug-likeness (QED) is 0.449. The largest absolute Gasteiger partial charge is 0.362 e. The van der Waals surface area contributed by atoms with Crippen LogP contribution in [0.4, 0.5) is 0 Å². The maximum atomic E-state index is 11.8. The lowest BCUT2D eigenvalue weighted by Crippen LogP contribution is -2.31. The van der Waals surface area contributed by atoms with Crippen LogP contribution in [0.3, 0.4) is 0 Å². The van der Waals surface area contributed by atoms with E-state index in [0.717, 1.165) is 17.4 Å². The highest BCUT2D eigenvalue weighted by atomic mass is 32.1. The topological polar surface area (TPSA) is 69.3 Å². The highest BCUT2D eigenvalue weighted by molar-refractivity contribution is 7.80. The highest BCUT2D eigenvalue weighted by Gasteiger charge is 1.99. The van der Waals surface area contributed by atoms with Gasteiger partial charge in [0.1, 0.15) is 0 Å². The Morgan fingerprint density at radius 3 is 3.05 bits per heavy atom. The van der Waals surface area contributed by atoms with Gasteiger partial charge in [0.15, 0.2) is 5.11 Å². The van der Waals surface area contributed by atoms with E-state index in [1.165, 1.54) is 6.21 Å². The molecular weight excluding hydrogens is 260 g/mol. The molecule has 0 aliphatic heterocycles. The molecule has 0 aliphatic rings. The Hall–Kier alpha value is -2.21. The zero-order chi connectivity index (χ0) is 13.7. The summed E-state index contributed by atoms with van der Waals surface area (Å²) < 4.78 is 0. The number of aromatic amines is 1. The molecule has 0 spiro atoms. The lowest BCUT2D eigenvalue weighted by atomic mass is 10.2. The molecule has 98 valence electrons. The van der Waals surface area contributed by atoms with Crippen LogP contribution < -0.4 is 16.3 Å². The minimum absolute atomic E-state index is 0.182. The second kappa shape index (κ2) is 6.10. The van der Waals surface area contributed by atoms with Gasteiger partial charge in [0.25, 0.3) is 5.56 Å². The van der Waals surface area contributed by atoms with E-state index >= 15 is 0 Å². The summed E-state index contributed by atoms with van der Waals surface area (Å²) in [5.74, 6) is 0. The molecule has 1 aromatic carbocycles. The molecule has 0 aliphatic carbocycles. The zero-order valence-electron chi connectivity index (χ0n) is 10.4. The summed E-state index contributed by atoms with van der Waals surface area (Å²) in [6, 6.07) is 9.37. The second-order valence-corrected chi connectivity index (χ2v) is 4.28. The van der Waals surface area contributed by atoms with E-state index in [2.05, 4.69) is 20.8 Å². The number of hydrogen-bond donors (Lipinski definition) is 3. The SMILES string of the molecule is CCNC(=S)N/N=C/c1cc2ccccc2[nH]c1=O. The molecule has 3 N–H and O–H groups in total. The van der Waals surface area contributed by atoms with Crippen LogP contribution in [-0.4, -0.2) is 22.9 Å². The molecule has 0 unspecified atom stereocenters. The van der Waals surface area contributed by atoms with Crippen LogP contribution in [0.1, 0.15) is 12.5 Å². The van der Waals surface area contributed by atoms with Crippen molar-refractivity contribution in [2.75, 3.05) is 6.54 Å². The fourth-order valence-corrected chi connectivity index (χ4v) is 1.82. The summed E-state index contributed by atoms with van der Waals surface area (Å²) in [5.41, 5.74) is 3.75. The Morgan fingerprint density at radius 1 is 1.47 bits per heavy atom. The van der Waals surface area contributed by atoms with Crippen LogP contribution in [0, 0.1) is 0 Å². The van der Waals surface area contributed by atoms with E-state index in [1.54, 1.807) is 6.07 Å². The van der Waals surface area contributed by atoms with Crippen molar-refractivity contribution in [1.82, 2.24) is 15.7 Å². The molecule has 1 aromatic heterocycles. The number of hydrogen-bond acceptors (Lipinski definition) is 3. The third kappa shape index (κ3) is 3.38. The number of para-hydroxylation sites is 1. The van der Waals surface area contributed by atoms with Crippen molar-refractivity contribution in [1.29, 1.82) is 0 Å². The van der Waals surface area contributed by atoms with Crippen LogP contribution in [0.25, 0.3) is 10.9 Å². The molecule has 1 heterocycles. The molecule has 0 fully saturated rings. The monoisotopic (exact) mass is 274 g/mol. The number of nitrogens with one attached hydrogen (secondary N) is 3. The van der Waals surface area contributed by atoms with Crippen molar-refractivity contribution in [2.45, 2.75) is 6.92 Å². The second-order valence-electron chi connectivity index (χ2n) is 3.87. The molecule has 0 saturated heterocycles. The van der Waals surface area contributed by atoms with Crippen LogP contribution in [-0.2, 0) is 0 Å². The number of nitrogens with zero attached hydrogens (tertiary/aromatic N) is 1. The van der Waals surface area contributed by atoms with Crippen LogP contribution in [0.5, 0.6) is 0 Å². The fraction of sp³-hybridized carbons (Fsp3) is 0.154. The van der Waals surface area contributed by atoms with Gasteiger partial charge in [0, 0.05) is 12.1 Å². The van der Waals surface area contributed by atoms with Gasteiger partial charge in [-0.3, -0.25) is 10.2 Å². The van der Waals surface area contributed by atoms with Gasteiger partial charge >= 0.3 is 0 Å². The Labute approximate surface area is 115 Å². The van der Waals surface area contributed by atoms with Crippen LogP contribution >= 0.6 is 12.2 Å². The van der Waals surface area contributed by atoms with Gasteiger partial charge in [-0.1, -0.05) is 18.2 Å². The van der Waals surface area contributed by atoms with Gasteiger partial charge in [0.2, 0.25) is 0 Å². The average Bonchev–Trinajstić information content (AvgIpc) is 2.39. The number of pyridine rings is 1. The first-order valence-electron chi connectivity index (χ1n) is 5.89. The number of H-pyrrole nitrogens is 1. The van der Waals surface area contributed by atoms with Gasteiger partial charge in [-0.2, -0.15) is 5.10 Å². The van der Waals surface area contributed by atoms with Crippen molar-refractivity contribution in [2.24, 2.45) is 5.10 Å². The number of aromatic nitrogens is 1. The van der Waals surface area contributed by atoms with Gasteiger partial charge in [-0.05, 0) is 36.7 Å². The fourth-order valence-electron chi connectivity index (χ4n) is 1.62. The van der Waals surface area contributed by atoms with Crippen LogP contribution in [0.15, 0.2) is 40.2 Å². The van der Waals surface area contributed by atoms with Crippen LogP contribution in [0.2, 0.25) is 0 Å². The molecule has 0 radical (unpaired) electrons. The van der Waals surface area contributed by atoms with E-state index in [-0.39, 0.29) is 5.56 Å². The molecule has 2 aromatic rings. The van der Waals surface area contributed by atoms with E-state index in [4.69, 9.17) is 12.2 Å². The summed E-state index contributed by atoms with van der Waals surface area (Å²) in [7, 11) is 0. The van der Waals surface area contributed by atoms with E-state index in [1.807, 2.05) is 31.2 Å². The lowest BCUT2D eigenvalue weighted by molar-refractivity contribution is 0.904. The molecular formula is C13H14N4OS. The highest BCUT2D eigenvalue weighted by Crippen LogP contribution is 2.08. The molecule has 0 amide bonds. The van der Waals surface area contributed by atoms with Crippen molar-refractivity contribution < 1.29 is 0 Å². The number of fused-ring (bicyclic) bond motifs is 1. The van der Waals surface area contributed by atoms with Crippen molar-refractivity contribution in [3.63, 3.8) is 0 Å². The lowest BCUT2D eigenvalue weighted by Gasteiger charge is -2.02. The first-order chi connectivity index (χ1) is 9.20. The summed E-state index contributed by atoms with van der Waals surface area (Å²) in [4.78, 5) is 14.6. The molecule has 0 atom stereocenters. The van der Waals surface area contributed by atoms with Gasteiger partial charge in [-0.15, -0.1) is 0 Å². The standard InChI is InChI=1S/C13H14N4OS/c1-2-14-13(19)17-15-8-10-7-9-5-3-4-6-11(9)16-12(10)18/h3-8H,2H2,1H3,(H,16,18)(H2,14,17,19)/b15-8+. The van der Waals surface area contributed by atoms with E-state index < -0.39 is 0 Å². The predicted molar refractivity (Wildman–Crippen MR) is 81.6 cm³/mol. The number of benzene rings is 1. The maximum Gasteiger partial charge on any atom is 0.257 e. The van der Waals surface area contributed by atoms with Gasteiger partial charge in [0.05, 0.1) is 11.8 Å². The first kappa shape index (κ1) is 13.2. The Bertz CT molecular complexity index is 678. The molecule has 19 heavy (non-hydrogen) atoms. The molecule has 6 heteroatoms. The number of thiocarbonyl (C=S) groups is 1. The molecule has 2 rings (SSSR count). The third-order valence-electron chi connectivity index (χ3n) is 2.49. The van der Waals surface area contributed by atoms with E-state index in [9.17, 15) is 4.79 Å². The smallest absolute Gasteiger partial charge is 0.257 e. The number of rotatable bonds is 3. The predicted octanol–water partition coefficient (Wildman–Crippen LogP) is 1.35. The average molecular weight is 274 g/mol. The zero-order valence-corrected chi connectivity index (χ0v) is 11.3. The summed E-state index contributed by atoms with van der Waals surface area (Å²) >= 11 is 4.96. The minimum atomic E-state index is -0.182. The molecule has 0 saturated carbocycles. The number of hydrazone groups is 1.